The molecule has 21 heavy (non-hydrogen) atoms. The number of hydrogen-bond donors (Lipinski definition) is 2. The van der Waals surface area contributed by atoms with Crippen molar-refractivity contribution >= 4 is 6.09 Å². The summed E-state index contributed by atoms with van der Waals surface area (Å²) < 4.78 is 5.36. The SMILES string of the molecule is CC(O)CN(CCNCCC(C)(C)C)C(=O)OC(C)(C)C. The number of carbonyl (C=O) groups excluding carboxylic acids is 1. The van der Waals surface area contributed by atoms with Crippen LogP contribution in [0.5, 0.6) is 0 Å². The molecular formula is C16H34N2O3. The van der Waals surface area contributed by atoms with Crippen LogP contribution in [0, 0.1) is 5.41 Å². The molecule has 1 amide bonds. The molecule has 0 aliphatic heterocycles. The lowest BCUT2D eigenvalue weighted by Gasteiger charge is -2.28. The normalized spacial score (nSPS) is 13.9. The minimum Gasteiger partial charge on any atom is -0.444 e. The molecule has 0 aromatic rings. The summed E-state index contributed by atoms with van der Waals surface area (Å²) in [4.78, 5) is 13.6. The molecule has 1 atom stereocenters. The van der Waals surface area contributed by atoms with Crippen LogP contribution in [0.15, 0.2) is 0 Å². The van der Waals surface area contributed by atoms with E-state index in [1.54, 1.807) is 11.8 Å². The first-order valence-corrected chi connectivity index (χ1v) is 7.77. The Morgan fingerprint density at radius 1 is 1.19 bits per heavy atom. The van der Waals surface area contributed by atoms with Gasteiger partial charge in [-0.1, -0.05) is 20.8 Å². The summed E-state index contributed by atoms with van der Waals surface area (Å²) >= 11 is 0. The van der Waals surface area contributed by atoms with Gasteiger partial charge in [-0.05, 0) is 46.1 Å². The molecule has 0 radical (unpaired) electrons. The highest BCUT2D eigenvalue weighted by Gasteiger charge is 2.22. The fourth-order valence-electron chi connectivity index (χ4n) is 1.70. The highest BCUT2D eigenvalue weighted by Crippen LogP contribution is 2.16. The molecule has 0 aliphatic carbocycles. The van der Waals surface area contributed by atoms with Crippen LogP contribution in [0.25, 0.3) is 0 Å². The maximum Gasteiger partial charge on any atom is 0.410 e. The zero-order chi connectivity index (χ0) is 16.7. The summed E-state index contributed by atoms with van der Waals surface area (Å²) in [6.07, 6.45) is 0.142. The second kappa shape index (κ2) is 8.59. The van der Waals surface area contributed by atoms with E-state index >= 15 is 0 Å². The molecule has 0 fully saturated rings. The second-order valence-electron chi connectivity index (χ2n) is 7.84. The van der Waals surface area contributed by atoms with Gasteiger partial charge >= 0.3 is 6.09 Å². The second-order valence-corrected chi connectivity index (χ2v) is 7.84. The standard InChI is InChI=1S/C16H34N2O3/c1-13(19)12-18(14(20)21-16(5,6)7)11-10-17-9-8-15(2,3)4/h13,17,19H,8-12H2,1-7H3. The quantitative estimate of drug-likeness (QED) is 0.710. The maximum absolute atomic E-state index is 12.1. The van der Waals surface area contributed by atoms with Crippen LogP contribution >= 0.6 is 0 Å². The number of rotatable bonds is 7. The smallest absolute Gasteiger partial charge is 0.410 e. The zero-order valence-electron chi connectivity index (χ0n) is 14.8. The molecule has 0 heterocycles. The first-order valence-electron chi connectivity index (χ1n) is 7.77. The highest BCUT2D eigenvalue weighted by atomic mass is 16.6. The number of aliphatic hydroxyl groups is 1. The van der Waals surface area contributed by atoms with Gasteiger partial charge < -0.3 is 20.1 Å². The predicted octanol–water partition coefficient (Wildman–Crippen LogP) is 2.63. The van der Waals surface area contributed by atoms with E-state index in [9.17, 15) is 9.90 Å². The van der Waals surface area contributed by atoms with Crippen molar-refractivity contribution in [2.75, 3.05) is 26.2 Å². The van der Waals surface area contributed by atoms with Crippen LogP contribution in [0.2, 0.25) is 0 Å². The fourth-order valence-corrected chi connectivity index (χ4v) is 1.70. The topological polar surface area (TPSA) is 61.8 Å². The third-order valence-electron chi connectivity index (χ3n) is 2.75. The Morgan fingerprint density at radius 3 is 2.19 bits per heavy atom. The van der Waals surface area contributed by atoms with E-state index < -0.39 is 11.7 Å². The summed E-state index contributed by atoms with van der Waals surface area (Å²) in [5.41, 5.74) is -0.217. The minimum absolute atomic E-state index is 0.288. The van der Waals surface area contributed by atoms with Crippen molar-refractivity contribution < 1.29 is 14.6 Å². The first-order chi connectivity index (χ1) is 9.41. The van der Waals surface area contributed by atoms with Crippen LogP contribution in [0.1, 0.15) is 54.9 Å². The summed E-state index contributed by atoms with van der Waals surface area (Å²) in [6.45, 7) is 16.2. The minimum atomic E-state index is -0.563. The molecule has 5 heteroatoms. The number of hydrogen-bond acceptors (Lipinski definition) is 4. The van der Waals surface area contributed by atoms with Crippen molar-refractivity contribution in [1.82, 2.24) is 10.2 Å². The molecular weight excluding hydrogens is 268 g/mol. The summed E-state index contributed by atoms with van der Waals surface area (Å²) in [5.74, 6) is 0. The van der Waals surface area contributed by atoms with Crippen molar-refractivity contribution in [2.24, 2.45) is 5.41 Å². The molecule has 0 rings (SSSR count). The number of aliphatic hydroxyl groups excluding tert-OH is 1. The summed E-state index contributed by atoms with van der Waals surface area (Å²) in [5, 5.41) is 12.8. The largest absolute Gasteiger partial charge is 0.444 e. The maximum atomic E-state index is 12.1. The molecule has 0 aromatic heterocycles. The van der Waals surface area contributed by atoms with Gasteiger partial charge in [-0.25, -0.2) is 4.79 Å². The molecule has 0 saturated heterocycles. The molecule has 126 valence electrons. The van der Waals surface area contributed by atoms with Crippen molar-refractivity contribution in [2.45, 2.75) is 66.6 Å². The van der Waals surface area contributed by atoms with Gasteiger partial charge in [0.25, 0.3) is 0 Å². The monoisotopic (exact) mass is 302 g/mol. The van der Waals surface area contributed by atoms with Crippen molar-refractivity contribution in [3.63, 3.8) is 0 Å². The van der Waals surface area contributed by atoms with Crippen LogP contribution in [-0.2, 0) is 4.74 Å². The highest BCUT2D eigenvalue weighted by molar-refractivity contribution is 5.68. The Morgan fingerprint density at radius 2 is 1.76 bits per heavy atom. The van der Waals surface area contributed by atoms with E-state index in [0.717, 1.165) is 13.0 Å². The summed E-state index contributed by atoms with van der Waals surface area (Å²) in [7, 11) is 0. The van der Waals surface area contributed by atoms with E-state index in [0.29, 0.717) is 18.5 Å². The molecule has 2 N–H and O–H groups in total. The van der Waals surface area contributed by atoms with Gasteiger partial charge in [0, 0.05) is 19.6 Å². The van der Waals surface area contributed by atoms with Gasteiger partial charge in [0.15, 0.2) is 0 Å². The Labute approximate surface area is 130 Å². The fraction of sp³-hybridized carbons (Fsp3) is 0.938. The average Bonchev–Trinajstić information content (AvgIpc) is 2.22. The Kier molecular flexibility index (Phi) is 8.26. The third kappa shape index (κ3) is 12.6. The van der Waals surface area contributed by atoms with Gasteiger partial charge in [0.05, 0.1) is 6.10 Å². The average molecular weight is 302 g/mol. The van der Waals surface area contributed by atoms with Crippen LogP contribution in [0.4, 0.5) is 4.79 Å². The zero-order valence-corrected chi connectivity index (χ0v) is 14.8. The molecule has 0 aromatic carbocycles. The van der Waals surface area contributed by atoms with Gasteiger partial charge in [-0.2, -0.15) is 0 Å². The lowest BCUT2D eigenvalue weighted by Crippen LogP contribution is -2.43. The van der Waals surface area contributed by atoms with Crippen LogP contribution < -0.4 is 5.32 Å². The molecule has 0 saturated carbocycles. The third-order valence-corrected chi connectivity index (χ3v) is 2.75. The van der Waals surface area contributed by atoms with Crippen molar-refractivity contribution in [3.05, 3.63) is 0 Å². The van der Waals surface area contributed by atoms with E-state index in [1.807, 2.05) is 20.8 Å². The number of amides is 1. The Balaban J connectivity index is 4.22. The molecule has 0 aliphatic rings. The first kappa shape index (κ1) is 20.2. The van der Waals surface area contributed by atoms with E-state index in [4.69, 9.17) is 4.74 Å². The number of nitrogens with zero attached hydrogens (tertiary/aromatic N) is 1. The van der Waals surface area contributed by atoms with Gasteiger partial charge in [0.2, 0.25) is 0 Å². The number of nitrogens with one attached hydrogen (secondary N) is 1. The predicted molar refractivity (Wildman–Crippen MR) is 86.4 cm³/mol. The molecule has 0 bridgehead atoms. The van der Waals surface area contributed by atoms with E-state index in [2.05, 4.69) is 26.1 Å². The molecule has 1 unspecified atom stereocenters. The van der Waals surface area contributed by atoms with Gasteiger partial charge in [-0.3, -0.25) is 0 Å². The van der Waals surface area contributed by atoms with Gasteiger partial charge in [-0.15, -0.1) is 0 Å². The molecule has 0 spiro atoms. The van der Waals surface area contributed by atoms with Crippen molar-refractivity contribution in [1.29, 1.82) is 0 Å². The Hall–Kier alpha value is -0.810. The van der Waals surface area contributed by atoms with Crippen molar-refractivity contribution in [3.8, 4) is 0 Å². The van der Waals surface area contributed by atoms with Gasteiger partial charge in [0.1, 0.15) is 5.60 Å². The number of carbonyl (C=O) groups is 1. The van der Waals surface area contributed by atoms with Crippen LogP contribution in [0.3, 0.4) is 0 Å². The Bertz CT molecular complexity index is 304. The molecule has 5 nitrogen and oxygen atoms in total. The van der Waals surface area contributed by atoms with E-state index in [-0.39, 0.29) is 12.6 Å². The van der Waals surface area contributed by atoms with E-state index in [1.165, 1.54) is 0 Å². The lowest BCUT2D eigenvalue weighted by atomic mass is 9.92. The van der Waals surface area contributed by atoms with Crippen LogP contribution in [-0.4, -0.2) is 54.0 Å². The number of ether oxygens (including phenoxy) is 1. The summed E-state index contributed by atoms with van der Waals surface area (Å²) in [6, 6.07) is 0. The lowest BCUT2D eigenvalue weighted by molar-refractivity contribution is 0.0164.